The number of nitrogens with zero attached hydrogens (tertiary/aromatic N) is 3. The second-order valence-corrected chi connectivity index (χ2v) is 9.10. The van der Waals surface area contributed by atoms with Gasteiger partial charge in [0, 0.05) is 31.0 Å². The van der Waals surface area contributed by atoms with Crippen LogP contribution >= 0.6 is 0 Å². The fraction of sp³-hybridized carbons (Fsp3) is 0.300. The molecular formula is C30H33N3O4. The maximum atomic E-state index is 13.2. The topological polar surface area (TPSA) is 83.0 Å². The normalized spacial score (nSPS) is 17.0. The number of aliphatic hydroxyl groups excluding tert-OH is 1. The Morgan fingerprint density at radius 1 is 1.03 bits per heavy atom. The molecule has 7 heteroatoms. The van der Waals surface area contributed by atoms with Crippen molar-refractivity contribution in [1.82, 2.24) is 14.8 Å². The first-order chi connectivity index (χ1) is 17.9. The van der Waals surface area contributed by atoms with E-state index >= 15 is 0 Å². The van der Waals surface area contributed by atoms with Crippen LogP contribution < -0.4 is 4.74 Å². The lowest BCUT2D eigenvalue weighted by molar-refractivity contribution is -0.140. The summed E-state index contributed by atoms with van der Waals surface area (Å²) < 4.78 is 5.89. The Balaban J connectivity index is 1.61. The first-order valence-corrected chi connectivity index (χ1v) is 12.6. The number of pyridine rings is 1. The third-order valence-electron chi connectivity index (χ3n) is 6.73. The molecule has 0 radical (unpaired) electrons. The van der Waals surface area contributed by atoms with E-state index in [0.29, 0.717) is 31.0 Å². The largest absolute Gasteiger partial charge is 0.507 e. The molecule has 1 amide bonds. The van der Waals surface area contributed by atoms with Crippen LogP contribution in [0.2, 0.25) is 0 Å². The minimum absolute atomic E-state index is 0.0872. The van der Waals surface area contributed by atoms with Crippen LogP contribution in [0.15, 0.2) is 78.6 Å². The van der Waals surface area contributed by atoms with Crippen LogP contribution in [0.5, 0.6) is 5.75 Å². The van der Waals surface area contributed by atoms with Crippen LogP contribution in [0.25, 0.3) is 5.76 Å². The summed E-state index contributed by atoms with van der Waals surface area (Å²) in [7, 11) is 0. The summed E-state index contributed by atoms with van der Waals surface area (Å²) in [4.78, 5) is 34.1. The summed E-state index contributed by atoms with van der Waals surface area (Å²) in [6, 6.07) is 17.9. The molecule has 4 rings (SSSR count). The van der Waals surface area contributed by atoms with Gasteiger partial charge in [0.2, 0.25) is 0 Å². The number of hydrogen-bond acceptors (Lipinski definition) is 6. The Morgan fingerprint density at radius 3 is 2.38 bits per heavy atom. The maximum Gasteiger partial charge on any atom is 0.295 e. The van der Waals surface area contributed by atoms with Gasteiger partial charge < -0.3 is 19.6 Å². The molecule has 1 fully saturated rings. The van der Waals surface area contributed by atoms with E-state index in [4.69, 9.17) is 4.74 Å². The van der Waals surface area contributed by atoms with Gasteiger partial charge >= 0.3 is 0 Å². The van der Waals surface area contributed by atoms with Crippen molar-refractivity contribution in [2.24, 2.45) is 0 Å². The number of ether oxygens (including phenoxy) is 1. The highest BCUT2D eigenvalue weighted by molar-refractivity contribution is 6.46. The zero-order valence-electron chi connectivity index (χ0n) is 21.6. The summed E-state index contributed by atoms with van der Waals surface area (Å²) in [5.41, 5.74) is 3.49. The van der Waals surface area contributed by atoms with Gasteiger partial charge in [0.25, 0.3) is 11.7 Å². The number of aliphatic hydroxyl groups is 1. The Kier molecular flexibility index (Phi) is 8.36. The summed E-state index contributed by atoms with van der Waals surface area (Å²) in [6.45, 7) is 9.28. The molecule has 192 valence electrons. The van der Waals surface area contributed by atoms with E-state index in [1.54, 1.807) is 53.7 Å². The minimum Gasteiger partial charge on any atom is -0.507 e. The number of Topliss-reactive ketones (excluding diaryl/α,β-unsaturated/α-hetero) is 1. The van der Waals surface area contributed by atoms with Crippen LogP contribution in [0.4, 0.5) is 0 Å². The fourth-order valence-corrected chi connectivity index (χ4v) is 4.63. The number of aryl methyl sites for hydroxylation is 1. The van der Waals surface area contributed by atoms with Crippen molar-refractivity contribution in [2.75, 3.05) is 26.2 Å². The maximum absolute atomic E-state index is 13.2. The zero-order chi connectivity index (χ0) is 26.4. The first-order valence-electron chi connectivity index (χ1n) is 12.6. The van der Waals surface area contributed by atoms with Crippen LogP contribution in [0, 0.1) is 6.92 Å². The highest BCUT2D eigenvalue weighted by Gasteiger charge is 2.45. The van der Waals surface area contributed by atoms with Crippen molar-refractivity contribution >= 4 is 17.4 Å². The van der Waals surface area contributed by atoms with E-state index in [2.05, 4.69) is 29.8 Å². The molecular weight excluding hydrogens is 466 g/mol. The van der Waals surface area contributed by atoms with Crippen LogP contribution in [0.3, 0.4) is 0 Å². The average Bonchev–Trinajstić information content (AvgIpc) is 3.18. The smallest absolute Gasteiger partial charge is 0.295 e. The second-order valence-electron chi connectivity index (χ2n) is 9.10. The highest BCUT2D eigenvalue weighted by atomic mass is 16.5. The molecule has 0 bridgehead atoms. The number of ketones is 1. The van der Waals surface area contributed by atoms with E-state index in [1.165, 1.54) is 5.56 Å². The van der Waals surface area contributed by atoms with Crippen molar-refractivity contribution in [3.63, 3.8) is 0 Å². The van der Waals surface area contributed by atoms with Crippen LogP contribution in [-0.2, 0) is 16.2 Å². The SMILES string of the molecule is CCN(CC)CCN1C(=O)C(=O)C(=C(O)c2ccc(OCc3cccc(C)c3)cc2)C1c1ccncc1. The minimum atomic E-state index is -0.684. The molecule has 0 aliphatic carbocycles. The summed E-state index contributed by atoms with van der Waals surface area (Å²) in [5, 5.41) is 11.3. The van der Waals surface area contributed by atoms with E-state index in [1.807, 2.05) is 25.1 Å². The van der Waals surface area contributed by atoms with Crippen LogP contribution in [-0.4, -0.2) is 57.8 Å². The van der Waals surface area contributed by atoms with Crippen molar-refractivity contribution in [2.45, 2.75) is 33.4 Å². The van der Waals surface area contributed by atoms with Gasteiger partial charge in [-0.2, -0.15) is 0 Å². The molecule has 1 aromatic heterocycles. The number of carbonyl (C=O) groups is 2. The van der Waals surface area contributed by atoms with Crippen molar-refractivity contribution in [3.05, 3.63) is 101 Å². The quantitative estimate of drug-likeness (QED) is 0.247. The van der Waals surface area contributed by atoms with Crippen LogP contribution in [0.1, 0.15) is 42.1 Å². The molecule has 2 aromatic carbocycles. The third kappa shape index (κ3) is 5.89. The first kappa shape index (κ1) is 26.1. The molecule has 7 nitrogen and oxygen atoms in total. The highest BCUT2D eigenvalue weighted by Crippen LogP contribution is 2.39. The van der Waals surface area contributed by atoms with Gasteiger partial charge in [-0.05, 0) is 67.5 Å². The molecule has 1 aliphatic rings. The van der Waals surface area contributed by atoms with Gasteiger partial charge in [-0.15, -0.1) is 0 Å². The molecule has 0 saturated carbocycles. The van der Waals surface area contributed by atoms with E-state index < -0.39 is 17.7 Å². The van der Waals surface area contributed by atoms with Gasteiger partial charge in [0.15, 0.2) is 0 Å². The standard InChI is InChI=1S/C30H33N3O4/c1-4-32(5-2)17-18-33-27(23-13-15-31-16-14-23)26(29(35)30(33)36)28(34)24-9-11-25(12-10-24)37-20-22-8-6-7-21(3)19-22/h6-16,19,27,34H,4-5,17-18,20H2,1-3H3. The second kappa shape index (κ2) is 11.8. The number of likely N-dealkylation sites (tertiary alicyclic amines) is 1. The number of carbonyl (C=O) groups excluding carboxylic acids is 2. The lowest BCUT2D eigenvalue weighted by Crippen LogP contribution is -2.38. The number of rotatable bonds is 10. The van der Waals surface area contributed by atoms with E-state index in [-0.39, 0.29) is 11.3 Å². The lowest BCUT2D eigenvalue weighted by Gasteiger charge is -2.28. The third-order valence-corrected chi connectivity index (χ3v) is 6.73. The molecule has 37 heavy (non-hydrogen) atoms. The van der Waals surface area contributed by atoms with E-state index in [0.717, 1.165) is 24.2 Å². The molecule has 1 saturated heterocycles. The molecule has 3 aromatic rings. The molecule has 2 heterocycles. The van der Waals surface area contributed by atoms with Gasteiger partial charge in [-0.25, -0.2) is 0 Å². The number of benzene rings is 2. The Bertz CT molecular complexity index is 1270. The van der Waals surface area contributed by atoms with Crippen molar-refractivity contribution in [1.29, 1.82) is 0 Å². The van der Waals surface area contributed by atoms with Gasteiger partial charge in [0.1, 0.15) is 18.1 Å². The monoisotopic (exact) mass is 499 g/mol. The molecule has 1 unspecified atom stereocenters. The van der Waals surface area contributed by atoms with Gasteiger partial charge in [-0.1, -0.05) is 43.7 Å². The summed E-state index contributed by atoms with van der Waals surface area (Å²) in [6.07, 6.45) is 3.25. The molecule has 1 aliphatic heterocycles. The van der Waals surface area contributed by atoms with Crippen molar-refractivity contribution in [3.8, 4) is 5.75 Å². The number of aromatic nitrogens is 1. The fourth-order valence-electron chi connectivity index (χ4n) is 4.63. The Morgan fingerprint density at radius 2 is 1.73 bits per heavy atom. The predicted octanol–water partition coefficient (Wildman–Crippen LogP) is 4.73. The molecule has 1 N–H and O–H groups in total. The Hall–Kier alpha value is -3.97. The zero-order valence-corrected chi connectivity index (χ0v) is 21.6. The molecule has 0 spiro atoms. The summed E-state index contributed by atoms with van der Waals surface area (Å²) >= 11 is 0. The number of likely N-dealkylation sites (N-methyl/N-ethyl adjacent to an activating group) is 1. The van der Waals surface area contributed by atoms with E-state index in [9.17, 15) is 14.7 Å². The Labute approximate surface area is 218 Å². The number of hydrogen-bond donors (Lipinski definition) is 1. The average molecular weight is 500 g/mol. The van der Waals surface area contributed by atoms with Gasteiger partial charge in [0.05, 0.1) is 11.6 Å². The van der Waals surface area contributed by atoms with Crippen molar-refractivity contribution < 1.29 is 19.4 Å². The van der Waals surface area contributed by atoms with Gasteiger partial charge in [-0.3, -0.25) is 14.6 Å². The number of amides is 1. The molecule has 1 atom stereocenters. The lowest BCUT2D eigenvalue weighted by atomic mass is 9.96. The predicted molar refractivity (Wildman–Crippen MR) is 143 cm³/mol. The summed E-state index contributed by atoms with van der Waals surface area (Å²) in [5.74, 6) is -0.841.